The SMILES string of the molecule is Cc1cccc(CN(C)c2ccc([N+](=O)[O-])c(CCl)c2)n1. The third-order valence-corrected chi connectivity index (χ3v) is 3.48. The second kappa shape index (κ2) is 6.54. The van der Waals surface area contributed by atoms with Crippen molar-refractivity contribution < 1.29 is 4.92 Å². The van der Waals surface area contributed by atoms with Crippen LogP contribution >= 0.6 is 11.6 Å². The fourth-order valence-electron chi connectivity index (χ4n) is 2.12. The average molecular weight is 306 g/mol. The second-order valence-corrected chi connectivity index (χ2v) is 5.10. The van der Waals surface area contributed by atoms with Crippen LogP contribution in [0.2, 0.25) is 0 Å². The molecule has 1 aromatic heterocycles. The highest BCUT2D eigenvalue weighted by atomic mass is 35.5. The van der Waals surface area contributed by atoms with E-state index in [-0.39, 0.29) is 11.6 Å². The van der Waals surface area contributed by atoms with Crippen LogP contribution in [0.3, 0.4) is 0 Å². The van der Waals surface area contributed by atoms with Gasteiger partial charge in [-0.3, -0.25) is 15.1 Å². The lowest BCUT2D eigenvalue weighted by Gasteiger charge is -2.19. The number of aromatic nitrogens is 1. The number of pyridine rings is 1. The van der Waals surface area contributed by atoms with Gasteiger partial charge in [0.2, 0.25) is 0 Å². The van der Waals surface area contributed by atoms with Gasteiger partial charge in [0.1, 0.15) is 0 Å². The Balaban J connectivity index is 2.23. The number of nitro groups is 1. The Morgan fingerprint density at radius 3 is 2.71 bits per heavy atom. The minimum atomic E-state index is -0.413. The topological polar surface area (TPSA) is 59.3 Å². The van der Waals surface area contributed by atoms with Gasteiger partial charge < -0.3 is 4.90 Å². The van der Waals surface area contributed by atoms with Crippen LogP contribution in [-0.4, -0.2) is 17.0 Å². The van der Waals surface area contributed by atoms with Gasteiger partial charge in [0, 0.05) is 30.1 Å². The summed E-state index contributed by atoms with van der Waals surface area (Å²) in [5, 5.41) is 10.9. The molecule has 0 spiro atoms. The van der Waals surface area contributed by atoms with Crippen molar-refractivity contribution in [3.05, 3.63) is 63.5 Å². The molecule has 6 heteroatoms. The summed E-state index contributed by atoms with van der Waals surface area (Å²) in [6.45, 7) is 2.57. The standard InChI is InChI=1S/C15H16ClN3O2/c1-11-4-3-5-13(17-11)10-18(2)14-6-7-15(19(20)21)12(8-14)9-16/h3-8H,9-10H2,1-2H3. The molecule has 2 aromatic rings. The van der Waals surface area contributed by atoms with Crippen molar-refractivity contribution >= 4 is 23.0 Å². The molecule has 0 aliphatic heterocycles. The van der Waals surface area contributed by atoms with E-state index in [0.717, 1.165) is 17.1 Å². The summed E-state index contributed by atoms with van der Waals surface area (Å²) >= 11 is 5.80. The number of hydrogen-bond donors (Lipinski definition) is 0. The van der Waals surface area contributed by atoms with E-state index in [0.29, 0.717) is 12.1 Å². The molecule has 2 rings (SSSR count). The molecule has 1 heterocycles. The Labute approximate surface area is 128 Å². The summed E-state index contributed by atoms with van der Waals surface area (Å²) in [5.41, 5.74) is 3.35. The van der Waals surface area contributed by atoms with E-state index < -0.39 is 4.92 Å². The van der Waals surface area contributed by atoms with Crippen molar-refractivity contribution in [3.8, 4) is 0 Å². The van der Waals surface area contributed by atoms with Gasteiger partial charge in [-0.15, -0.1) is 11.6 Å². The van der Waals surface area contributed by atoms with Gasteiger partial charge >= 0.3 is 0 Å². The van der Waals surface area contributed by atoms with E-state index in [2.05, 4.69) is 4.98 Å². The van der Waals surface area contributed by atoms with Crippen LogP contribution in [0.25, 0.3) is 0 Å². The molecule has 0 N–H and O–H groups in total. The van der Waals surface area contributed by atoms with Crippen molar-refractivity contribution in [2.24, 2.45) is 0 Å². The molecule has 0 fully saturated rings. The number of rotatable bonds is 5. The predicted molar refractivity (Wildman–Crippen MR) is 83.7 cm³/mol. The van der Waals surface area contributed by atoms with E-state index >= 15 is 0 Å². The quantitative estimate of drug-likeness (QED) is 0.480. The Kier molecular flexibility index (Phi) is 4.75. The first kappa shape index (κ1) is 15.3. The number of halogens is 1. The third kappa shape index (κ3) is 3.70. The minimum Gasteiger partial charge on any atom is -0.369 e. The molecule has 0 aliphatic carbocycles. The molecular weight excluding hydrogens is 290 g/mol. The van der Waals surface area contributed by atoms with E-state index in [1.165, 1.54) is 6.07 Å². The molecule has 0 unspecified atom stereocenters. The van der Waals surface area contributed by atoms with Crippen LogP contribution in [0.5, 0.6) is 0 Å². The maximum Gasteiger partial charge on any atom is 0.273 e. The Hall–Kier alpha value is -2.14. The largest absolute Gasteiger partial charge is 0.369 e. The molecule has 0 saturated carbocycles. The van der Waals surface area contributed by atoms with E-state index in [1.807, 2.05) is 37.1 Å². The van der Waals surface area contributed by atoms with Gasteiger partial charge in [-0.2, -0.15) is 0 Å². The Morgan fingerprint density at radius 1 is 1.33 bits per heavy atom. The maximum absolute atomic E-state index is 10.9. The van der Waals surface area contributed by atoms with Crippen LogP contribution in [0, 0.1) is 17.0 Å². The van der Waals surface area contributed by atoms with Crippen LogP contribution in [0.15, 0.2) is 36.4 Å². The van der Waals surface area contributed by atoms with E-state index in [1.54, 1.807) is 12.1 Å². The number of aryl methyl sites for hydroxylation is 1. The summed E-state index contributed by atoms with van der Waals surface area (Å²) in [6.07, 6.45) is 0. The summed E-state index contributed by atoms with van der Waals surface area (Å²) in [6, 6.07) is 10.8. The number of benzene rings is 1. The zero-order valence-corrected chi connectivity index (χ0v) is 12.7. The average Bonchev–Trinajstić information content (AvgIpc) is 2.46. The molecule has 0 saturated heterocycles. The summed E-state index contributed by atoms with van der Waals surface area (Å²) in [4.78, 5) is 16.9. The molecule has 0 aliphatic rings. The molecule has 21 heavy (non-hydrogen) atoms. The first-order chi connectivity index (χ1) is 10.0. The molecule has 5 nitrogen and oxygen atoms in total. The van der Waals surface area contributed by atoms with Crippen molar-refractivity contribution in [1.82, 2.24) is 4.98 Å². The van der Waals surface area contributed by atoms with E-state index in [9.17, 15) is 10.1 Å². The number of hydrogen-bond acceptors (Lipinski definition) is 4. The highest BCUT2D eigenvalue weighted by Gasteiger charge is 2.14. The van der Waals surface area contributed by atoms with Crippen LogP contribution in [0.1, 0.15) is 17.0 Å². The Morgan fingerprint density at radius 2 is 2.10 bits per heavy atom. The number of nitrogens with zero attached hydrogens (tertiary/aromatic N) is 3. The number of anilines is 1. The van der Waals surface area contributed by atoms with Crippen molar-refractivity contribution in [2.45, 2.75) is 19.3 Å². The van der Waals surface area contributed by atoms with Crippen LogP contribution in [-0.2, 0) is 12.4 Å². The molecular formula is C15H16ClN3O2. The number of alkyl halides is 1. The fraction of sp³-hybridized carbons (Fsp3) is 0.267. The third-order valence-electron chi connectivity index (χ3n) is 3.19. The van der Waals surface area contributed by atoms with Crippen LogP contribution < -0.4 is 4.90 Å². The lowest BCUT2D eigenvalue weighted by Crippen LogP contribution is -2.17. The van der Waals surface area contributed by atoms with Gasteiger partial charge in [0.05, 0.1) is 23.0 Å². The smallest absolute Gasteiger partial charge is 0.273 e. The first-order valence-corrected chi connectivity index (χ1v) is 7.01. The highest BCUT2D eigenvalue weighted by molar-refractivity contribution is 6.17. The molecule has 1 aromatic carbocycles. The zero-order valence-electron chi connectivity index (χ0n) is 11.9. The zero-order chi connectivity index (χ0) is 15.4. The lowest BCUT2D eigenvalue weighted by molar-refractivity contribution is -0.385. The monoisotopic (exact) mass is 305 g/mol. The van der Waals surface area contributed by atoms with Crippen molar-refractivity contribution in [1.29, 1.82) is 0 Å². The molecule has 0 bridgehead atoms. The normalized spacial score (nSPS) is 10.4. The lowest BCUT2D eigenvalue weighted by atomic mass is 10.1. The molecule has 0 radical (unpaired) electrons. The van der Waals surface area contributed by atoms with Gasteiger partial charge in [-0.25, -0.2) is 0 Å². The molecule has 110 valence electrons. The second-order valence-electron chi connectivity index (χ2n) is 4.83. The molecule has 0 atom stereocenters. The summed E-state index contributed by atoms with van der Waals surface area (Å²) in [7, 11) is 1.92. The van der Waals surface area contributed by atoms with Crippen LogP contribution in [0.4, 0.5) is 11.4 Å². The maximum atomic E-state index is 10.9. The Bertz CT molecular complexity index is 661. The van der Waals surface area contributed by atoms with Crippen molar-refractivity contribution in [2.75, 3.05) is 11.9 Å². The summed E-state index contributed by atoms with van der Waals surface area (Å²) < 4.78 is 0. The number of nitro benzene ring substituents is 1. The first-order valence-electron chi connectivity index (χ1n) is 6.48. The predicted octanol–water partition coefficient (Wildman–Crippen LogP) is 3.67. The fourth-order valence-corrected chi connectivity index (χ4v) is 2.33. The van der Waals surface area contributed by atoms with Crippen molar-refractivity contribution in [3.63, 3.8) is 0 Å². The van der Waals surface area contributed by atoms with E-state index in [4.69, 9.17) is 11.6 Å². The highest BCUT2D eigenvalue weighted by Crippen LogP contribution is 2.26. The van der Waals surface area contributed by atoms with Gasteiger partial charge in [0.15, 0.2) is 0 Å². The minimum absolute atomic E-state index is 0.0517. The molecule has 0 amide bonds. The van der Waals surface area contributed by atoms with Gasteiger partial charge in [-0.1, -0.05) is 6.07 Å². The van der Waals surface area contributed by atoms with Gasteiger partial charge in [0.25, 0.3) is 5.69 Å². The summed E-state index contributed by atoms with van der Waals surface area (Å²) in [5.74, 6) is 0.112. The van der Waals surface area contributed by atoms with Gasteiger partial charge in [-0.05, 0) is 31.2 Å².